The number of carbonyl (C=O) groups is 1. The van der Waals surface area contributed by atoms with Crippen molar-refractivity contribution in [1.82, 2.24) is 0 Å². The summed E-state index contributed by atoms with van der Waals surface area (Å²) in [5.74, 6) is -0.0932. The van der Waals surface area contributed by atoms with Gasteiger partial charge in [-0.15, -0.1) is 0 Å². The normalized spacial score (nSPS) is 16.5. The van der Waals surface area contributed by atoms with Crippen LogP contribution in [0, 0.1) is 12.3 Å². The van der Waals surface area contributed by atoms with E-state index in [9.17, 15) is 26.4 Å². The van der Waals surface area contributed by atoms with Gasteiger partial charge < -0.3 is 5.32 Å². The van der Waals surface area contributed by atoms with E-state index in [-0.39, 0.29) is 16.5 Å². The first-order valence-corrected chi connectivity index (χ1v) is 11.5. The van der Waals surface area contributed by atoms with Crippen molar-refractivity contribution in [2.75, 3.05) is 10.0 Å². The van der Waals surface area contributed by atoms with Crippen LogP contribution in [0.2, 0.25) is 0 Å². The van der Waals surface area contributed by atoms with Gasteiger partial charge in [0.25, 0.3) is 10.0 Å². The summed E-state index contributed by atoms with van der Waals surface area (Å²) in [7, 11) is -4.11. The molecule has 3 rings (SSSR count). The molecular formula is C22H25F3N2O3S. The van der Waals surface area contributed by atoms with Crippen LogP contribution in [0.1, 0.15) is 50.2 Å². The van der Waals surface area contributed by atoms with Gasteiger partial charge in [0.15, 0.2) is 0 Å². The number of hydrogen-bond acceptors (Lipinski definition) is 3. The van der Waals surface area contributed by atoms with Gasteiger partial charge in [0.1, 0.15) is 0 Å². The van der Waals surface area contributed by atoms with Gasteiger partial charge in [-0.05, 0) is 61.7 Å². The lowest BCUT2D eigenvalue weighted by molar-refractivity contribution is -0.137. The van der Waals surface area contributed by atoms with Crippen LogP contribution in [0.3, 0.4) is 0 Å². The van der Waals surface area contributed by atoms with Gasteiger partial charge in [0.2, 0.25) is 5.91 Å². The molecule has 5 nitrogen and oxygen atoms in total. The van der Waals surface area contributed by atoms with Crippen molar-refractivity contribution in [1.29, 1.82) is 0 Å². The van der Waals surface area contributed by atoms with E-state index in [0.717, 1.165) is 50.3 Å². The molecule has 2 aromatic rings. The van der Waals surface area contributed by atoms with E-state index in [2.05, 4.69) is 10.0 Å². The maximum Gasteiger partial charge on any atom is 0.416 e. The number of alkyl halides is 3. The first kappa shape index (κ1) is 23.1. The van der Waals surface area contributed by atoms with Crippen molar-refractivity contribution in [3.05, 3.63) is 53.6 Å². The molecule has 0 saturated heterocycles. The van der Waals surface area contributed by atoms with Crippen molar-refractivity contribution >= 4 is 27.3 Å². The molecule has 168 valence electrons. The van der Waals surface area contributed by atoms with Crippen LogP contribution < -0.4 is 10.0 Å². The van der Waals surface area contributed by atoms with E-state index in [4.69, 9.17) is 0 Å². The van der Waals surface area contributed by atoms with Crippen molar-refractivity contribution in [2.45, 2.75) is 57.0 Å². The third-order valence-corrected chi connectivity index (χ3v) is 7.21. The number of amides is 1. The van der Waals surface area contributed by atoms with E-state index in [1.54, 1.807) is 13.0 Å². The molecule has 9 heteroatoms. The molecule has 0 radical (unpaired) electrons. The molecule has 0 spiro atoms. The fourth-order valence-electron chi connectivity index (χ4n) is 3.84. The zero-order valence-corrected chi connectivity index (χ0v) is 18.2. The summed E-state index contributed by atoms with van der Waals surface area (Å²) in [6.45, 7) is 3.50. The van der Waals surface area contributed by atoms with Gasteiger partial charge in [-0.1, -0.05) is 32.3 Å². The molecule has 1 fully saturated rings. The lowest BCUT2D eigenvalue weighted by atomic mass is 9.75. The number of sulfonamides is 1. The number of anilines is 2. The number of hydrogen-bond donors (Lipinski definition) is 2. The van der Waals surface area contributed by atoms with Crippen LogP contribution in [0.15, 0.2) is 47.4 Å². The van der Waals surface area contributed by atoms with E-state index in [1.165, 1.54) is 18.2 Å². The number of aryl methyl sites for hydroxylation is 1. The van der Waals surface area contributed by atoms with Gasteiger partial charge in [-0.3, -0.25) is 9.52 Å². The molecule has 0 aliphatic heterocycles. The highest BCUT2D eigenvalue weighted by Gasteiger charge is 2.34. The zero-order chi connectivity index (χ0) is 22.9. The summed E-state index contributed by atoms with van der Waals surface area (Å²) < 4.78 is 66.3. The fourth-order valence-corrected chi connectivity index (χ4v) is 5.12. The Kier molecular flexibility index (Phi) is 6.36. The minimum atomic E-state index is -4.58. The minimum Gasteiger partial charge on any atom is -0.326 e. The summed E-state index contributed by atoms with van der Waals surface area (Å²) in [5.41, 5.74) is -0.726. The summed E-state index contributed by atoms with van der Waals surface area (Å²) in [6.07, 6.45) is 0.165. The van der Waals surface area contributed by atoms with Crippen LogP contribution in [0.4, 0.5) is 24.5 Å². The minimum absolute atomic E-state index is 0.0770. The van der Waals surface area contributed by atoms with Gasteiger partial charge in [-0.25, -0.2) is 8.42 Å². The fraction of sp³-hybridized carbons (Fsp3) is 0.409. The SMILES string of the molecule is Cc1cc(NC(=O)C2(C)CCCCC2)ccc1S(=O)(=O)Nc1cccc(C(F)(F)F)c1. The van der Waals surface area contributed by atoms with Crippen LogP contribution in [0.5, 0.6) is 0 Å². The first-order chi connectivity index (χ1) is 14.4. The second-order valence-corrected chi connectivity index (χ2v) is 9.89. The molecule has 2 aromatic carbocycles. The Hall–Kier alpha value is -2.55. The van der Waals surface area contributed by atoms with Crippen molar-refractivity contribution in [3.8, 4) is 0 Å². The molecular weight excluding hydrogens is 429 g/mol. The van der Waals surface area contributed by atoms with Crippen LogP contribution >= 0.6 is 0 Å². The monoisotopic (exact) mass is 454 g/mol. The highest BCUT2D eigenvalue weighted by molar-refractivity contribution is 7.92. The quantitative estimate of drug-likeness (QED) is 0.606. The zero-order valence-electron chi connectivity index (χ0n) is 17.3. The Bertz CT molecular complexity index is 1080. The lowest BCUT2D eigenvalue weighted by Gasteiger charge is -2.32. The van der Waals surface area contributed by atoms with Gasteiger partial charge in [0, 0.05) is 16.8 Å². The molecule has 0 atom stereocenters. The predicted molar refractivity (Wildman–Crippen MR) is 113 cm³/mol. The molecule has 0 heterocycles. The average Bonchev–Trinajstić information content (AvgIpc) is 2.67. The molecule has 31 heavy (non-hydrogen) atoms. The highest BCUT2D eigenvalue weighted by Crippen LogP contribution is 2.37. The Morgan fingerprint density at radius 1 is 1.00 bits per heavy atom. The summed E-state index contributed by atoms with van der Waals surface area (Å²) >= 11 is 0. The summed E-state index contributed by atoms with van der Waals surface area (Å²) in [4.78, 5) is 12.6. The topological polar surface area (TPSA) is 75.3 Å². The average molecular weight is 455 g/mol. The van der Waals surface area contributed by atoms with Crippen molar-refractivity contribution in [3.63, 3.8) is 0 Å². The molecule has 0 unspecified atom stereocenters. The summed E-state index contributed by atoms with van der Waals surface area (Å²) in [6, 6.07) is 8.37. The van der Waals surface area contributed by atoms with Gasteiger partial charge in [-0.2, -0.15) is 13.2 Å². The van der Waals surface area contributed by atoms with Crippen molar-refractivity contribution in [2.24, 2.45) is 5.41 Å². The predicted octanol–water partition coefficient (Wildman–Crippen LogP) is 5.72. The number of halogens is 3. The standard InChI is InChI=1S/C22H25F3N2O3S/c1-15-13-17(26-20(28)21(2)11-4-3-5-12-21)9-10-19(15)31(29,30)27-18-8-6-7-16(14-18)22(23,24)25/h6-10,13-14,27H,3-5,11-12H2,1-2H3,(H,26,28). The molecule has 1 aliphatic carbocycles. The van der Waals surface area contributed by atoms with Gasteiger partial charge in [0.05, 0.1) is 10.5 Å². The molecule has 1 amide bonds. The maximum atomic E-state index is 12.9. The van der Waals surface area contributed by atoms with E-state index in [1.807, 2.05) is 6.92 Å². The van der Waals surface area contributed by atoms with Gasteiger partial charge >= 0.3 is 6.18 Å². The van der Waals surface area contributed by atoms with Crippen LogP contribution in [-0.4, -0.2) is 14.3 Å². The van der Waals surface area contributed by atoms with E-state index in [0.29, 0.717) is 11.3 Å². The lowest BCUT2D eigenvalue weighted by Crippen LogP contribution is -2.35. The number of carbonyl (C=O) groups excluding carboxylic acids is 1. The third kappa shape index (κ3) is 5.39. The Balaban J connectivity index is 1.78. The van der Waals surface area contributed by atoms with E-state index < -0.39 is 27.2 Å². The van der Waals surface area contributed by atoms with E-state index >= 15 is 0 Å². The van der Waals surface area contributed by atoms with Crippen LogP contribution in [0.25, 0.3) is 0 Å². The third-order valence-electron chi connectivity index (χ3n) is 5.67. The molecule has 0 aromatic heterocycles. The largest absolute Gasteiger partial charge is 0.416 e. The summed E-state index contributed by atoms with van der Waals surface area (Å²) in [5, 5.41) is 2.87. The number of nitrogens with one attached hydrogen (secondary N) is 2. The first-order valence-electron chi connectivity index (χ1n) is 10.0. The molecule has 1 saturated carbocycles. The molecule has 1 aliphatic rings. The Morgan fingerprint density at radius 3 is 2.29 bits per heavy atom. The molecule has 2 N–H and O–H groups in total. The number of rotatable bonds is 5. The maximum absolute atomic E-state index is 12.9. The Morgan fingerprint density at radius 2 is 1.68 bits per heavy atom. The Labute approximate surface area is 180 Å². The smallest absolute Gasteiger partial charge is 0.326 e. The highest BCUT2D eigenvalue weighted by atomic mass is 32.2. The van der Waals surface area contributed by atoms with Crippen LogP contribution in [-0.2, 0) is 21.0 Å². The second kappa shape index (κ2) is 8.53. The second-order valence-electron chi connectivity index (χ2n) is 8.24. The number of benzene rings is 2. The van der Waals surface area contributed by atoms with Crippen molar-refractivity contribution < 1.29 is 26.4 Å². The molecule has 0 bridgehead atoms.